The molecule has 0 amide bonds. The molecule has 0 heterocycles. The van der Waals surface area contributed by atoms with E-state index >= 15 is 0 Å². The first kappa shape index (κ1) is 12.8. The second kappa shape index (κ2) is 4.84. The fourth-order valence-electron chi connectivity index (χ4n) is 0.663. The van der Waals surface area contributed by atoms with Crippen LogP contribution < -0.4 is 0 Å². The van der Waals surface area contributed by atoms with Gasteiger partial charge in [-0.25, -0.2) is 0 Å². The van der Waals surface area contributed by atoms with E-state index in [1.54, 1.807) is 6.92 Å². The molecular weight excluding hydrogens is 226 g/mol. The number of hydrogen-bond donors (Lipinski definition) is 3. The Morgan fingerprint density at radius 1 is 1.33 bits per heavy atom. The van der Waals surface area contributed by atoms with Gasteiger partial charge >= 0.3 is 0 Å². The lowest BCUT2D eigenvalue weighted by Gasteiger charge is -2.30. The second-order valence-electron chi connectivity index (χ2n) is 2.43. The first-order valence-corrected chi connectivity index (χ1v) is 4.64. The summed E-state index contributed by atoms with van der Waals surface area (Å²) in [4.78, 5) is 0. The molecule has 0 aromatic rings. The van der Waals surface area contributed by atoms with Crippen LogP contribution in [0.15, 0.2) is 0 Å². The Bertz CT molecular complexity index is 140. The Hall–Kier alpha value is 0.750. The van der Waals surface area contributed by atoms with Gasteiger partial charge in [-0.1, -0.05) is 30.1 Å². The van der Waals surface area contributed by atoms with Gasteiger partial charge in [0.1, 0.15) is 10.9 Å². The van der Waals surface area contributed by atoms with Crippen LogP contribution >= 0.6 is 34.8 Å². The van der Waals surface area contributed by atoms with Gasteiger partial charge in [-0.15, -0.1) is 11.6 Å². The summed E-state index contributed by atoms with van der Waals surface area (Å²) < 4.78 is 0. The molecule has 0 radical (unpaired) electrons. The Balaban J connectivity index is 4.37. The largest absolute Gasteiger partial charge is 0.389 e. The molecule has 12 heavy (non-hydrogen) atoms. The summed E-state index contributed by atoms with van der Waals surface area (Å²) >= 11 is 16.1. The molecule has 0 aromatic carbocycles. The van der Waals surface area contributed by atoms with E-state index in [2.05, 4.69) is 0 Å². The molecule has 0 aliphatic carbocycles. The third-order valence-corrected chi connectivity index (χ3v) is 3.03. The van der Waals surface area contributed by atoms with Crippen LogP contribution in [0.25, 0.3) is 0 Å². The first-order valence-electron chi connectivity index (χ1n) is 3.39. The third-order valence-electron chi connectivity index (χ3n) is 1.48. The van der Waals surface area contributed by atoms with Gasteiger partial charge in [0, 0.05) is 0 Å². The fourth-order valence-corrected chi connectivity index (χ4v) is 1.34. The highest BCUT2D eigenvalue weighted by Gasteiger charge is 2.43. The van der Waals surface area contributed by atoms with Crippen molar-refractivity contribution in [2.24, 2.45) is 0 Å². The lowest BCUT2D eigenvalue weighted by molar-refractivity contribution is -0.0294. The highest BCUT2D eigenvalue weighted by Crippen LogP contribution is 2.30. The number of halogens is 3. The molecule has 0 spiro atoms. The van der Waals surface area contributed by atoms with Crippen molar-refractivity contribution in [2.75, 3.05) is 0 Å². The smallest absolute Gasteiger partial charge is 0.184 e. The van der Waals surface area contributed by atoms with Gasteiger partial charge in [0.05, 0.1) is 6.10 Å². The molecule has 4 atom stereocenters. The van der Waals surface area contributed by atoms with Gasteiger partial charge < -0.3 is 15.3 Å². The van der Waals surface area contributed by atoms with Gasteiger partial charge in [0.25, 0.3) is 0 Å². The zero-order valence-corrected chi connectivity index (χ0v) is 8.68. The van der Waals surface area contributed by atoms with Crippen LogP contribution in [0, 0.1) is 0 Å². The predicted octanol–water partition coefficient (Wildman–Crippen LogP) is 0.849. The number of hydrogen-bond acceptors (Lipinski definition) is 3. The highest BCUT2D eigenvalue weighted by molar-refractivity contribution is 6.35. The second-order valence-corrected chi connectivity index (χ2v) is 3.95. The normalized spacial score (nSPS) is 24.2. The van der Waals surface area contributed by atoms with Crippen LogP contribution in [0.2, 0.25) is 0 Å². The van der Waals surface area contributed by atoms with E-state index in [1.165, 1.54) is 0 Å². The average Bonchev–Trinajstić information content (AvgIpc) is 2.01. The molecule has 0 saturated carbocycles. The van der Waals surface area contributed by atoms with Crippen molar-refractivity contribution in [3.05, 3.63) is 0 Å². The molecule has 74 valence electrons. The van der Waals surface area contributed by atoms with E-state index in [1.807, 2.05) is 0 Å². The minimum absolute atomic E-state index is 0.215. The standard InChI is InChI=1S/C6H11Cl3O3/c1-2-3(10)6(9,12)4(7)5(8)11/h3-5,10-12H,2H2,1H3. The predicted molar refractivity (Wildman–Crippen MR) is 48.6 cm³/mol. The maximum Gasteiger partial charge on any atom is 0.184 e. The van der Waals surface area contributed by atoms with Gasteiger partial charge in [-0.3, -0.25) is 0 Å². The quantitative estimate of drug-likeness (QED) is 0.635. The number of aliphatic hydroxyl groups excluding tert-OH is 2. The summed E-state index contributed by atoms with van der Waals surface area (Å²) in [6, 6.07) is 0. The van der Waals surface area contributed by atoms with E-state index in [0.717, 1.165) is 0 Å². The van der Waals surface area contributed by atoms with Crippen molar-refractivity contribution in [3.63, 3.8) is 0 Å². The highest BCUT2D eigenvalue weighted by atomic mass is 35.5. The van der Waals surface area contributed by atoms with Crippen LogP contribution in [-0.2, 0) is 0 Å². The Labute approximate surface area is 85.9 Å². The van der Waals surface area contributed by atoms with E-state index in [0.29, 0.717) is 0 Å². The summed E-state index contributed by atoms with van der Waals surface area (Å²) in [6.07, 6.45) is -1.01. The van der Waals surface area contributed by atoms with Crippen LogP contribution in [0.4, 0.5) is 0 Å². The molecule has 0 fully saturated rings. The van der Waals surface area contributed by atoms with E-state index in [-0.39, 0.29) is 6.42 Å². The molecule has 6 heteroatoms. The van der Waals surface area contributed by atoms with Gasteiger partial charge in [-0.2, -0.15) is 0 Å². The van der Waals surface area contributed by atoms with Crippen LogP contribution in [-0.4, -0.2) is 37.4 Å². The summed E-state index contributed by atoms with van der Waals surface area (Å²) in [5.74, 6) is 0. The van der Waals surface area contributed by atoms with Crippen molar-refractivity contribution in [3.8, 4) is 0 Å². The molecule has 0 aliphatic heterocycles. The zero-order chi connectivity index (χ0) is 9.94. The Morgan fingerprint density at radius 3 is 2.00 bits per heavy atom. The minimum atomic E-state index is -2.10. The number of aliphatic hydroxyl groups is 3. The molecule has 0 aliphatic rings. The summed E-state index contributed by atoms with van der Waals surface area (Å²) in [6.45, 7) is 1.61. The number of alkyl halides is 3. The van der Waals surface area contributed by atoms with Crippen molar-refractivity contribution in [1.82, 2.24) is 0 Å². The number of rotatable bonds is 4. The van der Waals surface area contributed by atoms with E-state index < -0.39 is 22.1 Å². The van der Waals surface area contributed by atoms with E-state index in [4.69, 9.17) is 45.0 Å². The van der Waals surface area contributed by atoms with Crippen LogP contribution in [0.1, 0.15) is 13.3 Å². The molecule has 0 aromatic heterocycles. The maximum absolute atomic E-state index is 9.36. The third kappa shape index (κ3) is 2.91. The fraction of sp³-hybridized carbons (Fsp3) is 1.00. The zero-order valence-electron chi connectivity index (χ0n) is 6.41. The summed E-state index contributed by atoms with van der Waals surface area (Å²) in [5.41, 5.74) is -1.50. The van der Waals surface area contributed by atoms with Crippen LogP contribution in [0.5, 0.6) is 0 Å². The monoisotopic (exact) mass is 236 g/mol. The molecule has 3 N–H and O–H groups in total. The molecule has 0 bridgehead atoms. The van der Waals surface area contributed by atoms with Gasteiger partial charge in [0.2, 0.25) is 0 Å². The molecule has 0 rings (SSSR count). The van der Waals surface area contributed by atoms with Gasteiger partial charge in [-0.05, 0) is 6.42 Å². The average molecular weight is 238 g/mol. The van der Waals surface area contributed by atoms with Crippen molar-refractivity contribution in [1.29, 1.82) is 0 Å². The molecular formula is C6H11Cl3O3. The first-order chi connectivity index (χ1) is 5.34. The minimum Gasteiger partial charge on any atom is -0.389 e. The van der Waals surface area contributed by atoms with Gasteiger partial charge in [0.15, 0.2) is 5.06 Å². The Kier molecular flexibility index (Phi) is 5.14. The van der Waals surface area contributed by atoms with Crippen molar-refractivity contribution < 1.29 is 15.3 Å². The van der Waals surface area contributed by atoms with Crippen molar-refractivity contribution in [2.45, 2.75) is 35.4 Å². The molecule has 4 unspecified atom stereocenters. The van der Waals surface area contributed by atoms with Crippen LogP contribution in [0.3, 0.4) is 0 Å². The summed E-state index contributed by atoms with van der Waals surface area (Å²) in [7, 11) is 0. The lowest BCUT2D eigenvalue weighted by Crippen LogP contribution is -2.48. The lowest BCUT2D eigenvalue weighted by atomic mass is 10.1. The van der Waals surface area contributed by atoms with Crippen molar-refractivity contribution >= 4 is 34.8 Å². The topological polar surface area (TPSA) is 60.7 Å². The Morgan fingerprint density at radius 2 is 1.75 bits per heavy atom. The van der Waals surface area contributed by atoms with E-state index in [9.17, 15) is 5.11 Å². The molecule has 0 saturated heterocycles. The molecule has 3 nitrogen and oxygen atoms in total. The maximum atomic E-state index is 9.36. The SMILES string of the molecule is CCC(O)C(O)(Cl)C(Cl)C(O)Cl. The summed E-state index contributed by atoms with van der Waals surface area (Å²) in [5, 5.41) is 23.9.